The van der Waals surface area contributed by atoms with Crippen molar-refractivity contribution in [2.45, 2.75) is 69.4 Å². The Hall–Kier alpha value is -3.65. The molecule has 0 spiro atoms. The highest BCUT2D eigenvalue weighted by molar-refractivity contribution is 7.92. The smallest absolute Gasteiger partial charge is 0.264 e. The zero-order chi connectivity index (χ0) is 28.5. The van der Waals surface area contributed by atoms with Crippen molar-refractivity contribution in [1.82, 2.24) is 10.2 Å². The van der Waals surface area contributed by atoms with Crippen LogP contribution in [0.1, 0.15) is 50.2 Å². The van der Waals surface area contributed by atoms with Gasteiger partial charge in [0.15, 0.2) is 0 Å². The summed E-state index contributed by atoms with van der Waals surface area (Å²) in [6.07, 6.45) is 5.76. The molecule has 1 fully saturated rings. The van der Waals surface area contributed by atoms with Gasteiger partial charge in [0, 0.05) is 12.6 Å². The second kappa shape index (κ2) is 13.6. The van der Waals surface area contributed by atoms with Crippen LogP contribution >= 0.6 is 0 Å². The highest BCUT2D eigenvalue weighted by Crippen LogP contribution is 2.27. The molecule has 2 amide bonds. The number of amides is 2. The SMILES string of the molecule is Cc1ccccc1N(CC(=O)N(CCc1ccccc1)[C@H](C)C(=O)NC1CCCCC1)S(=O)(=O)c1ccccc1. The van der Waals surface area contributed by atoms with Crippen molar-refractivity contribution in [3.63, 3.8) is 0 Å². The van der Waals surface area contributed by atoms with Crippen LogP contribution in [0.4, 0.5) is 5.69 Å². The van der Waals surface area contributed by atoms with Gasteiger partial charge < -0.3 is 10.2 Å². The molecule has 1 N–H and O–H groups in total. The summed E-state index contributed by atoms with van der Waals surface area (Å²) in [5, 5.41) is 3.14. The van der Waals surface area contributed by atoms with Gasteiger partial charge in [-0.3, -0.25) is 13.9 Å². The standard InChI is InChI=1S/C32H39N3O4S/c1-25-14-12-13-21-30(25)35(40(38,39)29-19-10-5-11-20-29)24-31(36)34(23-22-27-15-6-3-7-16-27)26(2)32(37)33-28-17-8-4-9-18-28/h3,5-7,10-16,19-21,26,28H,4,8-9,17-18,22-24H2,1-2H3,(H,33,37)/t26-/m1/s1. The van der Waals surface area contributed by atoms with Crippen molar-refractivity contribution in [3.8, 4) is 0 Å². The Labute approximate surface area is 238 Å². The maximum atomic E-state index is 14.0. The van der Waals surface area contributed by atoms with Gasteiger partial charge in [-0.05, 0) is 62.4 Å². The Morgan fingerprint density at radius 2 is 1.48 bits per heavy atom. The predicted octanol–water partition coefficient (Wildman–Crippen LogP) is 5.10. The Kier molecular flexibility index (Phi) is 9.98. The molecule has 0 radical (unpaired) electrons. The van der Waals surface area contributed by atoms with Crippen LogP contribution in [-0.2, 0) is 26.0 Å². The van der Waals surface area contributed by atoms with Crippen LogP contribution in [0.15, 0.2) is 89.8 Å². The average molecular weight is 562 g/mol. The van der Waals surface area contributed by atoms with Crippen LogP contribution in [-0.4, -0.2) is 50.3 Å². The highest BCUT2D eigenvalue weighted by Gasteiger charge is 2.33. The van der Waals surface area contributed by atoms with Crippen LogP contribution < -0.4 is 9.62 Å². The van der Waals surface area contributed by atoms with E-state index in [-0.39, 0.29) is 23.4 Å². The largest absolute Gasteiger partial charge is 0.352 e. The fourth-order valence-electron chi connectivity index (χ4n) is 5.22. The molecule has 0 aromatic heterocycles. The lowest BCUT2D eigenvalue weighted by molar-refractivity contribution is -0.139. The number of carbonyl (C=O) groups excluding carboxylic acids is 2. The summed E-state index contributed by atoms with van der Waals surface area (Å²) in [6, 6.07) is 24.4. The molecule has 0 aliphatic heterocycles. The zero-order valence-electron chi connectivity index (χ0n) is 23.3. The molecule has 0 saturated heterocycles. The molecule has 0 heterocycles. The fourth-order valence-corrected chi connectivity index (χ4v) is 6.71. The third kappa shape index (κ3) is 7.30. The summed E-state index contributed by atoms with van der Waals surface area (Å²) >= 11 is 0. The molecule has 1 atom stereocenters. The number of anilines is 1. The number of nitrogens with zero attached hydrogens (tertiary/aromatic N) is 2. The van der Waals surface area contributed by atoms with Crippen molar-refractivity contribution in [3.05, 3.63) is 96.1 Å². The maximum Gasteiger partial charge on any atom is 0.264 e. The van der Waals surface area contributed by atoms with Crippen LogP contribution in [0, 0.1) is 6.92 Å². The van der Waals surface area contributed by atoms with Crippen molar-refractivity contribution >= 4 is 27.5 Å². The minimum Gasteiger partial charge on any atom is -0.352 e. The summed E-state index contributed by atoms with van der Waals surface area (Å²) in [5.74, 6) is -0.633. The molecule has 7 nitrogen and oxygen atoms in total. The van der Waals surface area contributed by atoms with Gasteiger partial charge >= 0.3 is 0 Å². The monoisotopic (exact) mass is 561 g/mol. The molecule has 212 valence electrons. The minimum atomic E-state index is -4.06. The number of rotatable bonds is 11. The number of carbonyl (C=O) groups is 2. The predicted molar refractivity (Wildman–Crippen MR) is 158 cm³/mol. The fraction of sp³-hybridized carbons (Fsp3) is 0.375. The summed E-state index contributed by atoms with van der Waals surface area (Å²) < 4.78 is 28.9. The van der Waals surface area contributed by atoms with E-state index in [0.29, 0.717) is 12.1 Å². The number of sulfonamides is 1. The van der Waals surface area contributed by atoms with Gasteiger partial charge in [-0.25, -0.2) is 8.42 Å². The van der Waals surface area contributed by atoms with E-state index in [0.717, 1.165) is 36.8 Å². The molecule has 0 unspecified atom stereocenters. The van der Waals surface area contributed by atoms with Crippen LogP contribution in [0.25, 0.3) is 0 Å². The van der Waals surface area contributed by atoms with E-state index in [1.807, 2.05) is 49.4 Å². The number of aryl methyl sites for hydroxylation is 1. The van der Waals surface area contributed by atoms with Crippen molar-refractivity contribution < 1.29 is 18.0 Å². The lowest BCUT2D eigenvalue weighted by Crippen LogP contribution is -2.53. The first-order chi connectivity index (χ1) is 19.3. The molecule has 8 heteroatoms. The van der Waals surface area contributed by atoms with Gasteiger partial charge in [-0.15, -0.1) is 0 Å². The first kappa shape index (κ1) is 29.3. The molecule has 40 heavy (non-hydrogen) atoms. The van der Waals surface area contributed by atoms with Crippen molar-refractivity contribution in [2.24, 2.45) is 0 Å². The Balaban J connectivity index is 1.63. The normalized spacial score (nSPS) is 14.8. The molecule has 3 aromatic rings. The number of nitrogens with one attached hydrogen (secondary N) is 1. The van der Waals surface area contributed by atoms with E-state index < -0.39 is 28.5 Å². The van der Waals surface area contributed by atoms with E-state index in [1.165, 1.54) is 27.8 Å². The lowest BCUT2D eigenvalue weighted by atomic mass is 9.95. The molecular formula is C32H39N3O4S. The van der Waals surface area contributed by atoms with Gasteiger partial charge in [0.25, 0.3) is 10.0 Å². The number of hydrogen-bond acceptors (Lipinski definition) is 4. The topological polar surface area (TPSA) is 86.8 Å². The quantitative estimate of drug-likeness (QED) is 0.353. The highest BCUT2D eigenvalue weighted by atomic mass is 32.2. The first-order valence-corrected chi connectivity index (χ1v) is 15.5. The van der Waals surface area contributed by atoms with E-state index in [2.05, 4.69) is 5.32 Å². The van der Waals surface area contributed by atoms with E-state index in [9.17, 15) is 18.0 Å². The van der Waals surface area contributed by atoms with E-state index in [4.69, 9.17) is 0 Å². The van der Waals surface area contributed by atoms with Gasteiger partial charge in [0.05, 0.1) is 10.6 Å². The van der Waals surface area contributed by atoms with Gasteiger partial charge in [0.1, 0.15) is 12.6 Å². The second-order valence-electron chi connectivity index (χ2n) is 10.5. The van der Waals surface area contributed by atoms with Crippen LogP contribution in [0.5, 0.6) is 0 Å². The lowest BCUT2D eigenvalue weighted by Gasteiger charge is -2.33. The molecule has 0 bridgehead atoms. The van der Waals surface area contributed by atoms with E-state index in [1.54, 1.807) is 37.3 Å². The number of hydrogen-bond donors (Lipinski definition) is 1. The summed E-state index contributed by atoms with van der Waals surface area (Å²) in [7, 11) is -4.06. The average Bonchev–Trinajstić information content (AvgIpc) is 2.98. The van der Waals surface area contributed by atoms with Gasteiger partial charge in [-0.2, -0.15) is 0 Å². The van der Waals surface area contributed by atoms with Crippen LogP contribution in [0.2, 0.25) is 0 Å². The van der Waals surface area contributed by atoms with Crippen molar-refractivity contribution in [1.29, 1.82) is 0 Å². The molecule has 1 aliphatic rings. The molecule has 3 aromatic carbocycles. The number of benzene rings is 3. The summed E-state index contributed by atoms with van der Waals surface area (Å²) in [6.45, 7) is 3.42. The number of para-hydroxylation sites is 1. The molecule has 4 rings (SSSR count). The van der Waals surface area contributed by atoms with E-state index >= 15 is 0 Å². The van der Waals surface area contributed by atoms with Gasteiger partial charge in [-0.1, -0.05) is 86.0 Å². The maximum absolute atomic E-state index is 14.0. The second-order valence-corrected chi connectivity index (χ2v) is 12.3. The van der Waals surface area contributed by atoms with Crippen molar-refractivity contribution in [2.75, 3.05) is 17.4 Å². The molecule has 1 saturated carbocycles. The Bertz CT molecular complexity index is 1370. The Morgan fingerprint density at radius 3 is 2.12 bits per heavy atom. The molecular weight excluding hydrogens is 522 g/mol. The first-order valence-electron chi connectivity index (χ1n) is 14.0. The van der Waals surface area contributed by atoms with Crippen LogP contribution in [0.3, 0.4) is 0 Å². The Morgan fingerprint density at radius 1 is 0.875 bits per heavy atom. The molecule has 1 aliphatic carbocycles. The third-order valence-corrected chi connectivity index (χ3v) is 9.37. The summed E-state index contributed by atoms with van der Waals surface area (Å²) in [5.41, 5.74) is 2.20. The minimum absolute atomic E-state index is 0.102. The summed E-state index contributed by atoms with van der Waals surface area (Å²) in [4.78, 5) is 29.0. The van der Waals surface area contributed by atoms with Gasteiger partial charge in [0.2, 0.25) is 11.8 Å². The third-order valence-electron chi connectivity index (χ3n) is 7.60. The zero-order valence-corrected chi connectivity index (χ0v) is 24.1.